The first-order chi connectivity index (χ1) is 16.2. The van der Waals surface area contributed by atoms with Gasteiger partial charge in [0.2, 0.25) is 0 Å². The first-order valence-corrected chi connectivity index (χ1v) is 12.8. The molecule has 7 nitrogen and oxygen atoms in total. The van der Waals surface area contributed by atoms with Crippen LogP contribution in [0.4, 0.5) is 10.1 Å². The molecule has 0 radical (unpaired) electrons. The molecule has 0 aliphatic carbocycles. The van der Waals surface area contributed by atoms with Crippen molar-refractivity contribution in [2.24, 2.45) is 0 Å². The molecule has 34 heavy (non-hydrogen) atoms. The van der Waals surface area contributed by atoms with Crippen molar-refractivity contribution in [3.63, 3.8) is 0 Å². The number of aryl methyl sites for hydroxylation is 3. The third kappa shape index (κ3) is 5.01. The number of nitrogens with one attached hydrogen (secondary N) is 2. The Bertz CT molecular complexity index is 1450. The number of halogens is 3. The zero-order valence-electron chi connectivity index (χ0n) is 18.5. The smallest absolute Gasteiger partial charge is 0.265 e. The van der Waals surface area contributed by atoms with Gasteiger partial charge in [0.15, 0.2) is 11.6 Å². The van der Waals surface area contributed by atoms with Crippen LogP contribution in [0.2, 0.25) is 10.0 Å². The monoisotopic (exact) mass is 524 g/mol. The summed E-state index contributed by atoms with van der Waals surface area (Å²) in [5, 5.41) is 5.59. The first kappa shape index (κ1) is 24.4. The topological polar surface area (TPSA) is 89.0 Å². The summed E-state index contributed by atoms with van der Waals surface area (Å²) in [6.45, 7) is 4.90. The largest absolute Gasteiger partial charge is 0.490 e. The number of aromatic amines is 1. The summed E-state index contributed by atoms with van der Waals surface area (Å²) in [4.78, 5) is 2.37. The molecule has 0 unspecified atom stereocenters. The maximum Gasteiger partial charge on any atom is 0.265 e. The Morgan fingerprint density at radius 2 is 1.94 bits per heavy atom. The lowest BCUT2D eigenvalue weighted by Gasteiger charge is -2.13. The van der Waals surface area contributed by atoms with Gasteiger partial charge < -0.3 is 9.72 Å². The molecule has 0 aliphatic rings. The summed E-state index contributed by atoms with van der Waals surface area (Å²) >= 11 is 12.3. The lowest BCUT2D eigenvalue weighted by Crippen LogP contribution is -2.15. The molecule has 2 heterocycles. The van der Waals surface area contributed by atoms with E-state index in [9.17, 15) is 8.42 Å². The molecular weight excluding hydrogens is 502 g/mol. The number of unbranched alkanes of at least 4 members (excludes halogenated alkanes) is 1. The minimum atomic E-state index is -4.26. The van der Waals surface area contributed by atoms with Crippen molar-refractivity contribution < 1.29 is 17.5 Å². The lowest BCUT2D eigenvalue weighted by molar-refractivity contribution is 0.285. The maximum atomic E-state index is 15.1. The van der Waals surface area contributed by atoms with E-state index in [0.29, 0.717) is 27.4 Å². The van der Waals surface area contributed by atoms with Crippen LogP contribution in [0.5, 0.6) is 5.75 Å². The van der Waals surface area contributed by atoms with Gasteiger partial charge in [0.1, 0.15) is 4.90 Å². The van der Waals surface area contributed by atoms with Gasteiger partial charge >= 0.3 is 0 Å². The van der Waals surface area contributed by atoms with Crippen LogP contribution in [0, 0.1) is 19.7 Å². The van der Waals surface area contributed by atoms with E-state index in [0.717, 1.165) is 24.4 Å². The van der Waals surface area contributed by atoms with Crippen molar-refractivity contribution in [3.8, 4) is 5.75 Å². The van der Waals surface area contributed by atoms with E-state index in [2.05, 4.69) is 14.8 Å². The van der Waals surface area contributed by atoms with Crippen LogP contribution in [0.1, 0.15) is 24.2 Å². The second kappa shape index (κ2) is 9.85. The Balaban J connectivity index is 1.44. The first-order valence-electron chi connectivity index (χ1n) is 10.6. The summed E-state index contributed by atoms with van der Waals surface area (Å²) in [5.41, 5.74) is 2.63. The fourth-order valence-electron chi connectivity index (χ4n) is 3.71. The molecule has 2 aromatic carbocycles. The minimum Gasteiger partial charge on any atom is -0.490 e. The fourth-order valence-corrected chi connectivity index (χ4v) is 5.43. The third-order valence-electron chi connectivity index (χ3n) is 5.32. The Kier molecular flexibility index (Phi) is 7.06. The number of fused-ring (bicyclic) bond motifs is 1. The van der Waals surface area contributed by atoms with Crippen molar-refractivity contribution >= 4 is 49.8 Å². The second-order valence-corrected chi connectivity index (χ2v) is 10.3. The number of hydrogen-bond acceptors (Lipinski definition) is 4. The Labute approximate surface area is 206 Å². The molecule has 180 valence electrons. The van der Waals surface area contributed by atoms with Crippen LogP contribution in [-0.4, -0.2) is 29.8 Å². The van der Waals surface area contributed by atoms with Gasteiger partial charge in [0, 0.05) is 23.8 Å². The zero-order chi connectivity index (χ0) is 24.5. The summed E-state index contributed by atoms with van der Waals surface area (Å²) in [6, 6.07) is 9.03. The van der Waals surface area contributed by atoms with Crippen molar-refractivity contribution in [1.82, 2.24) is 14.8 Å². The molecular formula is C23H23Cl2FN4O3S. The van der Waals surface area contributed by atoms with E-state index in [1.807, 2.05) is 24.6 Å². The highest BCUT2D eigenvalue weighted by Crippen LogP contribution is 2.36. The van der Waals surface area contributed by atoms with E-state index >= 15 is 4.39 Å². The number of H-pyrrole nitrogens is 1. The number of hydrogen-bond donors (Lipinski definition) is 2. The normalized spacial score (nSPS) is 11.8. The Hall–Kier alpha value is -2.75. The van der Waals surface area contributed by atoms with Gasteiger partial charge in [-0.3, -0.25) is 9.40 Å². The van der Waals surface area contributed by atoms with Gasteiger partial charge in [0.25, 0.3) is 10.0 Å². The van der Waals surface area contributed by atoms with Crippen LogP contribution in [0.25, 0.3) is 10.9 Å². The minimum absolute atomic E-state index is 0.127. The molecule has 0 amide bonds. The van der Waals surface area contributed by atoms with Crippen molar-refractivity contribution in [1.29, 1.82) is 0 Å². The van der Waals surface area contributed by atoms with Gasteiger partial charge in [-0.05, 0) is 57.0 Å². The van der Waals surface area contributed by atoms with Crippen LogP contribution in [0.15, 0.2) is 47.5 Å². The maximum absolute atomic E-state index is 15.1. The number of rotatable bonds is 9. The summed E-state index contributed by atoms with van der Waals surface area (Å²) in [5.74, 6) is -1.08. The molecule has 2 aromatic heterocycles. The van der Waals surface area contributed by atoms with E-state index in [4.69, 9.17) is 27.9 Å². The lowest BCUT2D eigenvalue weighted by atomic mass is 10.2. The molecule has 0 saturated heterocycles. The highest BCUT2D eigenvalue weighted by molar-refractivity contribution is 7.92. The summed E-state index contributed by atoms with van der Waals surface area (Å²) in [6.07, 6.45) is 2.94. The van der Waals surface area contributed by atoms with E-state index in [1.165, 1.54) is 36.5 Å². The van der Waals surface area contributed by atoms with Gasteiger partial charge in [-0.25, -0.2) is 12.8 Å². The number of anilines is 1. The number of sulfonamides is 1. The standard InChI is InChI=1S/C23H23Cl2FN4O3S/c1-14-12-15(2)30(28-14)10-3-4-11-33-19-6-5-7-20(22(19)26)34(31,32)29-18-9-8-16(24)21-17(25)13-27-23(18)21/h5-9,12-13,27,29H,3-4,10-11H2,1-2H3. The molecule has 0 fully saturated rings. The van der Waals surface area contributed by atoms with Crippen molar-refractivity contribution in [2.75, 3.05) is 11.3 Å². The van der Waals surface area contributed by atoms with Crippen molar-refractivity contribution in [2.45, 2.75) is 38.1 Å². The van der Waals surface area contributed by atoms with E-state index in [-0.39, 0.29) is 18.0 Å². The SMILES string of the molecule is Cc1cc(C)n(CCCCOc2cccc(S(=O)(=O)Nc3ccc(Cl)c4c(Cl)c[nH]c34)c2F)n1. The quantitative estimate of drug-likeness (QED) is 0.259. The molecule has 2 N–H and O–H groups in total. The Morgan fingerprint density at radius 1 is 1.15 bits per heavy atom. The molecule has 0 saturated carbocycles. The molecule has 0 bridgehead atoms. The molecule has 4 rings (SSSR count). The van der Waals surface area contributed by atoms with Crippen LogP contribution in [0.3, 0.4) is 0 Å². The van der Waals surface area contributed by atoms with E-state index in [1.54, 1.807) is 0 Å². The number of ether oxygens (including phenoxy) is 1. The Morgan fingerprint density at radius 3 is 2.68 bits per heavy atom. The highest BCUT2D eigenvalue weighted by Gasteiger charge is 2.24. The summed E-state index contributed by atoms with van der Waals surface area (Å²) < 4.78 is 50.9. The van der Waals surface area contributed by atoms with E-state index < -0.39 is 20.7 Å². The van der Waals surface area contributed by atoms with Crippen LogP contribution < -0.4 is 9.46 Å². The summed E-state index contributed by atoms with van der Waals surface area (Å²) in [7, 11) is -4.26. The molecule has 0 aliphatic heterocycles. The predicted octanol–water partition coefficient (Wildman–Crippen LogP) is 6.09. The van der Waals surface area contributed by atoms with Crippen LogP contribution >= 0.6 is 23.2 Å². The van der Waals surface area contributed by atoms with Crippen molar-refractivity contribution in [3.05, 3.63) is 69.8 Å². The van der Waals surface area contributed by atoms with Crippen LogP contribution in [-0.2, 0) is 16.6 Å². The molecule has 11 heteroatoms. The highest BCUT2D eigenvalue weighted by atomic mass is 35.5. The fraction of sp³-hybridized carbons (Fsp3) is 0.261. The zero-order valence-corrected chi connectivity index (χ0v) is 20.9. The average Bonchev–Trinajstić information content (AvgIpc) is 3.32. The average molecular weight is 525 g/mol. The van der Waals surface area contributed by atoms with Gasteiger partial charge in [-0.15, -0.1) is 0 Å². The number of aromatic nitrogens is 3. The predicted molar refractivity (Wildman–Crippen MR) is 132 cm³/mol. The molecule has 0 spiro atoms. The van der Waals surface area contributed by atoms with Gasteiger partial charge in [-0.2, -0.15) is 5.10 Å². The third-order valence-corrected chi connectivity index (χ3v) is 7.32. The van der Waals surface area contributed by atoms with Gasteiger partial charge in [0.05, 0.1) is 33.6 Å². The molecule has 0 atom stereocenters. The van der Waals surface area contributed by atoms with Gasteiger partial charge in [-0.1, -0.05) is 29.3 Å². The second-order valence-electron chi connectivity index (χ2n) is 7.86. The number of nitrogens with zero attached hydrogens (tertiary/aromatic N) is 2. The molecule has 4 aromatic rings. The number of benzene rings is 2.